The van der Waals surface area contributed by atoms with Gasteiger partial charge in [0.15, 0.2) is 0 Å². The van der Waals surface area contributed by atoms with E-state index in [1.165, 1.54) is 0 Å². The lowest BCUT2D eigenvalue weighted by Crippen LogP contribution is -2.46. The molecule has 0 aromatic heterocycles. The molecule has 0 aliphatic heterocycles. The average Bonchev–Trinajstić information content (AvgIpc) is 2.43. The van der Waals surface area contributed by atoms with Crippen LogP contribution in [0.3, 0.4) is 0 Å². The summed E-state index contributed by atoms with van der Waals surface area (Å²) in [4.78, 5) is 26.5. The highest BCUT2D eigenvalue weighted by molar-refractivity contribution is 6.09. The molecule has 0 saturated carbocycles. The molecule has 4 nitrogen and oxygen atoms in total. The summed E-state index contributed by atoms with van der Waals surface area (Å²) in [5.74, 6) is -0.428. The number of benzene rings is 1. The van der Waals surface area contributed by atoms with Crippen LogP contribution in [0.4, 0.5) is 5.69 Å². The van der Waals surface area contributed by atoms with Gasteiger partial charge in [-0.05, 0) is 44.9 Å². The Hall–Kier alpha value is -1.84. The Labute approximate surface area is 127 Å². The van der Waals surface area contributed by atoms with Crippen molar-refractivity contribution in [2.75, 3.05) is 18.9 Å². The van der Waals surface area contributed by atoms with Crippen molar-refractivity contribution >= 4 is 17.5 Å². The van der Waals surface area contributed by atoms with Gasteiger partial charge in [-0.15, -0.1) is 0 Å². The lowest BCUT2D eigenvalue weighted by atomic mass is 9.90. The van der Waals surface area contributed by atoms with Crippen LogP contribution in [0.2, 0.25) is 0 Å². The Bertz CT molecular complexity index is 509. The number of nitrogens with zero attached hydrogens (tertiary/aromatic N) is 1. The highest BCUT2D eigenvalue weighted by Crippen LogP contribution is 2.22. The first-order valence-electron chi connectivity index (χ1n) is 7.42. The molecule has 0 atom stereocenters. The van der Waals surface area contributed by atoms with Gasteiger partial charge < -0.3 is 10.2 Å². The normalized spacial score (nSPS) is 11.1. The van der Waals surface area contributed by atoms with Crippen molar-refractivity contribution in [1.29, 1.82) is 0 Å². The second-order valence-electron chi connectivity index (χ2n) is 6.03. The smallest absolute Gasteiger partial charge is 0.239 e. The maximum absolute atomic E-state index is 12.4. The van der Waals surface area contributed by atoms with E-state index in [2.05, 4.69) is 12.2 Å². The highest BCUT2D eigenvalue weighted by atomic mass is 16.2. The molecule has 0 fully saturated rings. The number of carbonyl (C=O) groups excluding carboxylic acids is 2. The van der Waals surface area contributed by atoms with E-state index in [-0.39, 0.29) is 11.8 Å². The Balaban J connectivity index is 2.76. The number of hydrogen-bond donors (Lipinski definition) is 1. The van der Waals surface area contributed by atoms with Crippen LogP contribution < -0.4 is 5.32 Å². The van der Waals surface area contributed by atoms with Gasteiger partial charge in [0.2, 0.25) is 11.8 Å². The molecule has 0 bridgehead atoms. The fourth-order valence-electron chi connectivity index (χ4n) is 2.08. The molecule has 116 valence electrons. The number of aryl methyl sites for hydroxylation is 1. The first kappa shape index (κ1) is 17.2. The van der Waals surface area contributed by atoms with Crippen molar-refractivity contribution in [1.82, 2.24) is 4.90 Å². The van der Waals surface area contributed by atoms with Crippen LogP contribution in [0.1, 0.15) is 39.2 Å². The monoisotopic (exact) mass is 290 g/mol. The zero-order valence-corrected chi connectivity index (χ0v) is 13.7. The quantitative estimate of drug-likeness (QED) is 0.818. The first-order chi connectivity index (χ1) is 9.78. The summed E-state index contributed by atoms with van der Waals surface area (Å²) in [5.41, 5.74) is 0.709. The van der Waals surface area contributed by atoms with E-state index in [1.807, 2.05) is 31.2 Å². The van der Waals surface area contributed by atoms with Gasteiger partial charge in [0.05, 0.1) is 0 Å². The molecule has 2 amide bonds. The number of rotatable bonds is 6. The molecule has 4 heteroatoms. The fourth-order valence-corrected chi connectivity index (χ4v) is 2.08. The molecule has 1 rings (SSSR count). The molecule has 0 aliphatic rings. The van der Waals surface area contributed by atoms with Crippen molar-refractivity contribution in [2.45, 2.75) is 40.5 Å². The number of amides is 2. The Morgan fingerprint density at radius 3 is 2.52 bits per heavy atom. The van der Waals surface area contributed by atoms with E-state index in [9.17, 15) is 9.59 Å². The van der Waals surface area contributed by atoms with E-state index in [0.717, 1.165) is 24.1 Å². The van der Waals surface area contributed by atoms with Gasteiger partial charge in [-0.2, -0.15) is 0 Å². The number of anilines is 1. The van der Waals surface area contributed by atoms with E-state index < -0.39 is 5.41 Å². The molecule has 0 saturated heterocycles. The minimum atomic E-state index is -1.08. The molecule has 1 N–H and O–H groups in total. The van der Waals surface area contributed by atoms with Crippen LogP contribution >= 0.6 is 0 Å². The first-order valence-corrected chi connectivity index (χ1v) is 7.42. The Kier molecular flexibility index (Phi) is 5.94. The summed E-state index contributed by atoms with van der Waals surface area (Å²) < 4.78 is 0. The van der Waals surface area contributed by atoms with Gasteiger partial charge in [0, 0.05) is 19.3 Å². The van der Waals surface area contributed by atoms with Crippen LogP contribution in [0.25, 0.3) is 0 Å². The van der Waals surface area contributed by atoms with Gasteiger partial charge >= 0.3 is 0 Å². The molecule has 0 heterocycles. The Morgan fingerprint density at radius 1 is 1.29 bits per heavy atom. The maximum atomic E-state index is 12.4. The molecule has 0 aliphatic carbocycles. The maximum Gasteiger partial charge on any atom is 0.239 e. The SMILES string of the molecule is CCCCN(C)C(=O)C(C)(C)C(=O)Nc1cccc(C)c1. The average molecular weight is 290 g/mol. The van der Waals surface area contributed by atoms with Crippen molar-refractivity contribution in [3.63, 3.8) is 0 Å². The summed E-state index contributed by atoms with van der Waals surface area (Å²) in [5, 5.41) is 2.83. The second kappa shape index (κ2) is 7.25. The van der Waals surface area contributed by atoms with Gasteiger partial charge in [-0.25, -0.2) is 0 Å². The third-order valence-corrected chi connectivity index (χ3v) is 3.57. The summed E-state index contributed by atoms with van der Waals surface area (Å²) in [6, 6.07) is 7.56. The zero-order chi connectivity index (χ0) is 16.0. The molecule has 21 heavy (non-hydrogen) atoms. The van der Waals surface area contributed by atoms with Crippen LogP contribution in [-0.2, 0) is 9.59 Å². The third kappa shape index (κ3) is 4.59. The van der Waals surface area contributed by atoms with Crippen LogP contribution in [0.15, 0.2) is 24.3 Å². The van der Waals surface area contributed by atoms with E-state index in [0.29, 0.717) is 6.54 Å². The lowest BCUT2D eigenvalue weighted by molar-refractivity contribution is -0.145. The van der Waals surface area contributed by atoms with Crippen molar-refractivity contribution in [3.8, 4) is 0 Å². The number of carbonyl (C=O) groups is 2. The molecule has 1 aromatic carbocycles. The summed E-state index contributed by atoms with van der Waals surface area (Å²) in [7, 11) is 1.75. The van der Waals surface area contributed by atoms with Crippen molar-refractivity contribution < 1.29 is 9.59 Å². The molecule has 0 spiro atoms. The predicted octanol–water partition coefficient (Wildman–Crippen LogP) is 3.22. The molecule has 0 unspecified atom stereocenters. The number of unbranched alkanes of at least 4 members (excludes halogenated alkanes) is 1. The second-order valence-corrected chi connectivity index (χ2v) is 6.03. The van der Waals surface area contributed by atoms with Gasteiger partial charge in [-0.3, -0.25) is 9.59 Å². The van der Waals surface area contributed by atoms with Crippen LogP contribution in [-0.4, -0.2) is 30.3 Å². The van der Waals surface area contributed by atoms with Crippen LogP contribution in [0, 0.1) is 12.3 Å². The number of hydrogen-bond acceptors (Lipinski definition) is 2. The van der Waals surface area contributed by atoms with Crippen molar-refractivity contribution in [2.24, 2.45) is 5.41 Å². The standard InChI is InChI=1S/C17H26N2O2/c1-6-7-11-19(5)16(21)17(3,4)15(20)18-14-10-8-9-13(2)12-14/h8-10,12H,6-7,11H2,1-5H3,(H,18,20). The van der Waals surface area contributed by atoms with Crippen molar-refractivity contribution in [3.05, 3.63) is 29.8 Å². The largest absolute Gasteiger partial charge is 0.345 e. The molecule has 0 radical (unpaired) electrons. The number of nitrogens with one attached hydrogen (secondary N) is 1. The van der Waals surface area contributed by atoms with E-state index in [1.54, 1.807) is 25.8 Å². The highest BCUT2D eigenvalue weighted by Gasteiger charge is 2.38. The predicted molar refractivity (Wildman–Crippen MR) is 86.1 cm³/mol. The molecular formula is C17H26N2O2. The topological polar surface area (TPSA) is 49.4 Å². The summed E-state index contributed by atoms with van der Waals surface area (Å²) >= 11 is 0. The van der Waals surface area contributed by atoms with E-state index in [4.69, 9.17) is 0 Å². The van der Waals surface area contributed by atoms with Gasteiger partial charge in [0.25, 0.3) is 0 Å². The summed E-state index contributed by atoms with van der Waals surface area (Å²) in [6.07, 6.45) is 1.96. The minimum absolute atomic E-state index is 0.152. The zero-order valence-electron chi connectivity index (χ0n) is 13.7. The summed E-state index contributed by atoms with van der Waals surface area (Å²) in [6.45, 7) is 8.06. The lowest BCUT2D eigenvalue weighted by Gasteiger charge is -2.28. The minimum Gasteiger partial charge on any atom is -0.345 e. The molecule has 1 aromatic rings. The van der Waals surface area contributed by atoms with Gasteiger partial charge in [0.1, 0.15) is 5.41 Å². The molecular weight excluding hydrogens is 264 g/mol. The fraction of sp³-hybridized carbons (Fsp3) is 0.529. The van der Waals surface area contributed by atoms with E-state index >= 15 is 0 Å². The Morgan fingerprint density at radius 2 is 1.95 bits per heavy atom. The third-order valence-electron chi connectivity index (χ3n) is 3.57. The van der Waals surface area contributed by atoms with Crippen LogP contribution in [0.5, 0.6) is 0 Å². The van der Waals surface area contributed by atoms with Gasteiger partial charge in [-0.1, -0.05) is 25.5 Å².